The standard InChI is InChI=1S/C73H141NO8/c1-6-8-10-12-14-16-18-20-22-24-26-28-30-32-33-34-35-36-37-38-40-41-43-45-47-49-51-53-55-57-59-61-63-70(75)80-67-69(68-81-73(72(77)78)79-66-65-74(3,4)5)82-71(76)64-62-60-58-56-54-52-50-48-46-44-42-39-31-29-27-25-23-21-19-17-15-13-11-9-7-2/h25,27,69,73H,6-24,26,28-68H2,1-5H3/b27-25-. The summed E-state index contributed by atoms with van der Waals surface area (Å²) < 4.78 is 22.8. The first-order valence-electron chi connectivity index (χ1n) is 36.3. The maximum absolute atomic E-state index is 12.9. The van der Waals surface area contributed by atoms with Crippen LogP contribution in [0.2, 0.25) is 0 Å². The van der Waals surface area contributed by atoms with Crippen molar-refractivity contribution >= 4 is 17.9 Å². The van der Waals surface area contributed by atoms with Gasteiger partial charge in [0.05, 0.1) is 40.3 Å². The number of nitrogens with zero attached hydrogens (tertiary/aromatic N) is 1. The van der Waals surface area contributed by atoms with Gasteiger partial charge in [0, 0.05) is 12.8 Å². The van der Waals surface area contributed by atoms with E-state index >= 15 is 0 Å². The van der Waals surface area contributed by atoms with Crippen LogP contribution in [0.3, 0.4) is 0 Å². The summed E-state index contributed by atoms with van der Waals surface area (Å²) in [6.45, 7) is 4.83. The maximum Gasteiger partial charge on any atom is 0.306 e. The summed E-state index contributed by atoms with van der Waals surface area (Å²) in [6.07, 6.45) is 76.0. The average Bonchev–Trinajstić information content (AvgIpc) is 3.45. The van der Waals surface area contributed by atoms with Gasteiger partial charge >= 0.3 is 11.9 Å². The summed E-state index contributed by atoms with van der Waals surface area (Å²) in [5.74, 6) is -2.25. The van der Waals surface area contributed by atoms with Crippen molar-refractivity contribution in [3.63, 3.8) is 0 Å². The second-order valence-electron chi connectivity index (χ2n) is 26.2. The first-order chi connectivity index (χ1) is 40.1. The number of allylic oxidation sites excluding steroid dienone is 2. The number of likely N-dealkylation sites (N-methyl/N-ethyl adjacent to an activating group) is 1. The highest BCUT2D eigenvalue weighted by Gasteiger charge is 2.22. The number of carbonyl (C=O) groups excluding carboxylic acids is 3. The average molecular weight is 1160 g/mol. The van der Waals surface area contributed by atoms with Crippen molar-refractivity contribution in [2.45, 2.75) is 392 Å². The second-order valence-corrected chi connectivity index (χ2v) is 26.2. The molecule has 0 spiro atoms. The van der Waals surface area contributed by atoms with Gasteiger partial charge < -0.3 is 33.3 Å². The minimum Gasteiger partial charge on any atom is -0.545 e. The Bertz CT molecular complexity index is 1350. The van der Waals surface area contributed by atoms with Crippen LogP contribution in [-0.4, -0.2) is 82.3 Å². The largest absolute Gasteiger partial charge is 0.545 e. The van der Waals surface area contributed by atoms with Crippen LogP contribution in [-0.2, 0) is 33.3 Å². The van der Waals surface area contributed by atoms with Gasteiger partial charge in [-0.2, -0.15) is 0 Å². The van der Waals surface area contributed by atoms with Crippen LogP contribution in [0.15, 0.2) is 12.2 Å². The number of aliphatic carboxylic acids is 1. The normalized spacial score (nSPS) is 12.6. The number of carbonyl (C=O) groups is 3. The molecule has 0 heterocycles. The highest BCUT2D eigenvalue weighted by Crippen LogP contribution is 2.19. The third-order valence-electron chi connectivity index (χ3n) is 16.8. The third kappa shape index (κ3) is 65.6. The van der Waals surface area contributed by atoms with E-state index in [2.05, 4.69) is 26.0 Å². The van der Waals surface area contributed by atoms with E-state index in [9.17, 15) is 19.5 Å². The van der Waals surface area contributed by atoms with Crippen LogP contribution in [0, 0.1) is 0 Å². The lowest BCUT2D eigenvalue weighted by atomic mass is 10.0. The van der Waals surface area contributed by atoms with Gasteiger partial charge in [-0.3, -0.25) is 9.59 Å². The van der Waals surface area contributed by atoms with Gasteiger partial charge in [-0.05, 0) is 38.5 Å². The Kier molecular flexibility index (Phi) is 63.5. The third-order valence-corrected chi connectivity index (χ3v) is 16.8. The fourth-order valence-electron chi connectivity index (χ4n) is 11.2. The fraction of sp³-hybridized carbons (Fsp3) is 0.932. The van der Waals surface area contributed by atoms with Crippen LogP contribution >= 0.6 is 0 Å². The Hall–Kier alpha value is -1.97. The molecule has 0 bridgehead atoms. The monoisotopic (exact) mass is 1160 g/mol. The molecule has 0 aliphatic rings. The molecule has 9 heteroatoms. The van der Waals surface area contributed by atoms with E-state index in [1.165, 1.54) is 315 Å². The predicted octanol–water partition coefficient (Wildman–Crippen LogP) is 21.1. The van der Waals surface area contributed by atoms with Crippen molar-refractivity contribution < 1.29 is 42.9 Å². The lowest BCUT2D eigenvalue weighted by Crippen LogP contribution is -2.44. The molecule has 82 heavy (non-hydrogen) atoms. The van der Waals surface area contributed by atoms with Crippen molar-refractivity contribution in [1.82, 2.24) is 0 Å². The summed E-state index contributed by atoms with van der Waals surface area (Å²) in [5, 5.41) is 11.8. The molecule has 0 radical (unpaired) electrons. The van der Waals surface area contributed by atoms with Gasteiger partial charge in [0.15, 0.2) is 12.4 Å². The molecule has 0 aliphatic heterocycles. The number of quaternary nitrogens is 1. The highest BCUT2D eigenvalue weighted by atomic mass is 16.7. The SMILES string of the molecule is CCCCCCCCCC/C=C\CCCCCCCCCCCCCCCC(=O)OC(COC(=O)CCCCCCCCCCCCCCCCCCCCCCCCCCCCCCCCCC)COC(OCC[N+](C)(C)C)C(=O)[O-]. The van der Waals surface area contributed by atoms with Gasteiger partial charge in [0.2, 0.25) is 0 Å². The van der Waals surface area contributed by atoms with E-state index in [4.69, 9.17) is 18.9 Å². The number of hydrogen-bond acceptors (Lipinski definition) is 8. The minimum absolute atomic E-state index is 0.152. The molecule has 0 N–H and O–H groups in total. The van der Waals surface area contributed by atoms with E-state index in [0.29, 0.717) is 17.4 Å². The topological polar surface area (TPSA) is 111 Å². The summed E-state index contributed by atoms with van der Waals surface area (Å²) in [7, 11) is 5.95. The van der Waals surface area contributed by atoms with E-state index in [0.717, 1.165) is 38.5 Å². The molecule has 2 unspecified atom stereocenters. The number of esters is 2. The van der Waals surface area contributed by atoms with Crippen LogP contribution in [0.4, 0.5) is 0 Å². The number of hydrogen-bond donors (Lipinski definition) is 0. The number of ether oxygens (including phenoxy) is 4. The summed E-state index contributed by atoms with van der Waals surface area (Å²) in [4.78, 5) is 37.5. The Morgan fingerprint density at radius 1 is 0.354 bits per heavy atom. The summed E-state index contributed by atoms with van der Waals surface area (Å²) >= 11 is 0. The Balaban J connectivity index is 4.02. The quantitative estimate of drug-likeness (QED) is 0.0195. The highest BCUT2D eigenvalue weighted by molar-refractivity contribution is 5.70. The lowest BCUT2D eigenvalue weighted by Gasteiger charge is -2.26. The van der Waals surface area contributed by atoms with Gasteiger partial charge in [-0.1, -0.05) is 341 Å². The van der Waals surface area contributed by atoms with Crippen molar-refractivity contribution in [2.24, 2.45) is 0 Å². The molecule has 9 nitrogen and oxygen atoms in total. The molecular formula is C73H141NO8. The lowest BCUT2D eigenvalue weighted by molar-refractivity contribution is -0.870. The van der Waals surface area contributed by atoms with E-state index in [1.54, 1.807) is 0 Å². The Labute approximate surface area is 510 Å². The number of carboxylic acid groups (broad SMARTS) is 1. The van der Waals surface area contributed by atoms with Gasteiger partial charge in [0.25, 0.3) is 0 Å². The van der Waals surface area contributed by atoms with Crippen LogP contribution in [0.25, 0.3) is 0 Å². The zero-order valence-corrected chi connectivity index (χ0v) is 55.7. The molecular weight excluding hydrogens is 1020 g/mol. The summed E-state index contributed by atoms with van der Waals surface area (Å²) in [6, 6.07) is 0. The van der Waals surface area contributed by atoms with Crippen molar-refractivity contribution in [3.8, 4) is 0 Å². The maximum atomic E-state index is 12.9. The molecule has 486 valence electrons. The number of rotatable bonds is 69. The van der Waals surface area contributed by atoms with Crippen molar-refractivity contribution in [2.75, 3.05) is 47.5 Å². The first-order valence-corrected chi connectivity index (χ1v) is 36.3. The minimum atomic E-state index is -1.62. The van der Waals surface area contributed by atoms with Crippen molar-refractivity contribution in [1.29, 1.82) is 0 Å². The number of carboxylic acids is 1. The summed E-state index contributed by atoms with van der Waals surface area (Å²) in [5.41, 5.74) is 0. The van der Waals surface area contributed by atoms with Gasteiger partial charge in [-0.25, -0.2) is 0 Å². The smallest absolute Gasteiger partial charge is 0.306 e. The molecule has 0 aromatic carbocycles. The van der Waals surface area contributed by atoms with E-state index in [1.807, 2.05) is 21.1 Å². The zero-order chi connectivity index (χ0) is 59.8. The van der Waals surface area contributed by atoms with Gasteiger partial charge in [-0.15, -0.1) is 0 Å². The first kappa shape index (κ1) is 80.0. The molecule has 0 aromatic heterocycles. The Morgan fingerprint density at radius 2 is 0.622 bits per heavy atom. The molecule has 0 fully saturated rings. The van der Waals surface area contributed by atoms with E-state index in [-0.39, 0.29) is 32.2 Å². The zero-order valence-electron chi connectivity index (χ0n) is 55.7. The van der Waals surface area contributed by atoms with Crippen LogP contribution in [0.1, 0.15) is 380 Å². The molecule has 0 aliphatic carbocycles. The number of unbranched alkanes of at least 4 members (excludes halogenated alkanes) is 52. The van der Waals surface area contributed by atoms with Gasteiger partial charge in [0.1, 0.15) is 13.2 Å². The molecule has 0 aromatic rings. The molecule has 0 amide bonds. The molecule has 0 saturated carbocycles. The fourth-order valence-corrected chi connectivity index (χ4v) is 11.2. The van der Waals surface area contributed by atoms with Crippen LogP contribution < -0.4 is 5.11 Å². The molecule has 0 saturated heterocycles. The second kappa shape index (κ2) is 65.0. The predicted molar refractivity (Wildman–Crippen MR) is 348 cm³/mol. The molecule has 2 atom stereocenters. The van der Waals surface area contributed by atoms with E-state index < -0.39 is 24.3 Å². The molecule has 0 rings (SSSR count). The Morgan fingerprint density at radius 3 is 0.902 bits per heavy atom. The van der Waals surface area contributed by atoms with Crippen molar-refractivity contribution in [3.05, 3.63) is 12.2 Å². The van der Waals surface area contributed by atoms with Crippen LogP contribution in [0.5, 0.6) is 0 Å².